The van der Waals surface area contributed by atoms with Crippen molar-refractivity contribution in [3.63, 3.8) is 0 Å². The zero-order valence-corrected chi connectivity index (χ0v) is 14.2. The molecule has 1 aromatic carbocycles. The second-order valence-corrected chi connectivity index (χ2v) is 6.82. The van der Waals surface area contributed by atoms with Gasteiger partial charge in [-0.15, -0.1) is 0 Å². The molecule has 0 spiro atoms. The fourth-order valence-electron chi connectivity index (χ4n) is 3.90. The molecule has 0 bridgehead atoms. The van der Waals surface area contributed by atoms with Gasteiger partial charge in [0.1, 0.15) is 0 Å². The normalized spacial score (nSPS) is 27.6. The van der Waals surface area contributed by atoms with E-state index in [0.29, 0.717) is 12.6 Å². The van der Waals surface area contributed by atoms with Crippen molar-refractivity contribution in [2.75, 3.05) is 39.3 Å². The average Bonchev–Trinajstić information content (AvgIpc) is 2.96. The number of piperidine rings is 1. The van der Waals surface area contributed by atoms with E-state index in [2.05, 4.69) is 40.1 Å². The maximum Gasteiger partial charge on any atom is 0.0972 e. The van der Waals surface area contributed by atoms with Crippen LogP contribution in [0.1, 0.15) is 25.3 Å². The number of benzene rings is 1. The molecule has 4 heteroatoms. The Kier molecular flexibility index (Phi) is 6.06. The second-order valence-electron chi connectivity index (χ2n) is 6.82. The van der Waals surface area contributed by atoms with Crippen LogP contribution in [-0.2, 0) is 11.2 Å². The third-order valence-corrected chi connectivity index (χ3v) is 5.28. The third kappa shape index (κ3) is 4.54. The lowest BCUT2D eigenvalue weighted by atomic mass is 10.0. The van der Waals surface area contributed by atoms with Crippen LogP contribution in [0.5, 0.6) is 0 Å². The van der Waals surface area contributed by atoms with Gasteiger partial charge in [0.25, 0.3) is 0 Å². The van der Waals surface area contributed by atoms with Crippen LogP contribution < -0.4 is 0 Å². The van der Waals surface area contributed by atoms with Crippen LogP contribution in [0, 0.1) is 0 Å². The minimum absolute atomic E-state index is 0.0103. The smallest absolute Gasteiger partial charge is 0.0972 e. The van der Waals surface area contributed by atoms with Crippen molar-refractivity contribution in [3.8, 4) is 0 Å². The quantitative estimate of drug-likeness (QED) is 0.867. The molecular weight excluding hydrogens is 288 g/mol. The Morgan fingerprint density at radius 1 is 1.13 bits per heavy atom. The minimum atomic E-state index is -0.314. The number of aliphatic hydroxyl groups is 1. The molecule has 2 aliphatic rings. The molecule has 23 heavy (non-hydrogen) atoms. The minimum Gasteiger partial charge on any atom is -0.389 e. The maximum atomic E-state index is 10.1. The summed E-state index contributed by atoms with van der Waals surface area (Å²) in [6, 6.07) is 11.4. The fraction of sp³-hybridized carbons (Fsp3) is 0.684. The van der Waals surface area contributed by atoms with Crippen molar-refractivity contribution < 1.29 is 9.84 Å². The largest absolute Gasteiger partial charge is 0.389 e. The van der Waals surface area contributed by atoms with Crippen molar-refractivity contribution in [3.05, 3.63) is 35.9 Å². The zero-order chi connectivity index (χ0) is 16.1. The molecule has 4 nitrogen and oxygen atoms in total. The summed E-state index contributed by atoms with van der Waals surface area (Å²) in [6.07, 6.45) is 3.25. The Balaban J connectivity index is 1.40. The molecule has 0 unspecified atom stereocenters. The van der Waals surface area contributed by atoms with Gasteiger partial charge in [-0.25, -0.2) is 0 Å². The van der Waals surface area contributed by atoms with Gasteiger partial charge in [0.05, 0.1) is 12.2 Å². The number of hydrogen-bond acceptors (Lipinski definition) is 4. The Morgan fingerprint density at radius 2 is 1.87 bits per heavy atom. The van der Waals surface area contributed by atoms with Gasteiger partial charge < -0.3 is 14.7 Å². The third-order valence-electron chi connectivity index (χ3n) is 5.28. The number of ether oxygens (including phenoxy) is 1. The number of hydrogen-bond donors (Lipinski definition) is 1. The van der Waals surface area contributed by atoms with E-state index in [1.54, 1.807) is 0 Å². The molecule has 0 amide bonds. The van der Waals surface area contributed by atoms with Crippen LogP contribution in [0.3, 0.4) is 0 Å². The molecule has 3 rings (SSSR count). The van der Waals surface area contributed by atoms with E-state index < -0.39 is 0 Å². The van der Waals surface area contributed by atoms with E-state index in [1.807, 2.05) is 6.92 Å². The van der Waals surface area contributed by atoms with Crippen molar-refractivity contribution in [1.82, 2.24) is 9.80 Å². The van der Waals surface area contributed by atoms with E-state index in [4.69, 9.17) is 4.74 Å². The summed E-state index contributed by atoms with van der Waals surface area (Å²) < 4.78 is 5.64. The predicted molar refractivity (Wildman–Crippen MR) is 92.6 cm³/mol. The fourth-order valence-corrected chi connectivity index (χ4v) is 3.90. The van der Waals surface area contributed by atoms with Crippen molar-refractivity contribution in [2.24, 2.45) is 0 Å². The van der Waals surface area contributed by atoms with E-state index in [1.165, 1.54) is 31.5 Å². The van der Waals surface area contributed by atoms with Gasteiger partial charge in [0, 0.05) is 32.3 Å². The summed E-state index contributed by atoms with van der Waals surface area (Å²) in [5.74, 6) is 0. The first-order valence-corrected chi connectivity index (χ1v) is 9.06. The molecule has 2 saturated heterocycles. The molecule has 0 aromatic heterocycles. The highest BCUT2D eigenvalue weighted by atomic mass is 16.5. The van der Waals surface area contributed by atoms with Crippen LogP contribution in [0.25, 0.3) is 0 Å². The van der Waals surface area contributed by atoms with Gasteiger partial charge in [-0.2, -0.15) is 0 Å². The summed E-state index contributed by atoms with van der Waals surface area (Å²) in [7, 11) is 0. The highest BCUT2D eigenvalue weighted by Crippen LogP contribution is 2.23. The highest BCUT2D eigenvalue weighted by molar-refractivity contribution is 5.14. The predicted octanol–water partition coefficient (Wildman–Crippen LogP) is 1.78. The van der Waals surface area contributed by atoms with E-state index in [0.717, 1.165) is 26.1 Å². The second kappa shape index (κ2) is 8.25. The lowest BCUT2D eigenvalue weighted by Gasteiger charge is -2.36. The standard InChI is InChI=1S/C19H30N2O2/c1-2-23-19-15-21(14-18(19)22)17-9-12-20(13-10-17)11-8-16-6-4-3-5-7-16/h3-7,17-19,22H,2,8-15H2,1H3/t18-,19-/m0/s1. The molecule has 2 heterocycles. The number of β-amino-alcohol motifs (C(OH)–C–C–N with tert-alkyl or cyclic N) is 1. The zero-order valence-electron chi connectivity index (χ0n) is 14.2. The van der Waals surface area contributed by atoms with E-state index in [-0.39, 0.29) is 12.2 Å². The van der Waals surface area contributed by atoms with Gasteiger partial charge in [-0.05, 0) is 44.8 Å². The Hall–Kier alpha value is -0.940. The SMILES string of the molecule is CCO[C@H]1CN(C2CCN(CCc3ccccc3)CC2)C[C@@H]1O. The summed E-state index contributed by atoms with van der Waals surface area (Å²) in [6.45, 7) is 7.85. The molecule has 0 radical (unpaired) electrons. The Morgan fingerprint density at radius 3 is 2.57 bits per heavy atom. The number of rotatable bonds is 6. The highest BCUT2D eigenvalue weighted by Gasteiger charge is 2.36. The molecule has 2 fully saturated rings. The van der Waals surface area contributed by atoms with Crippen LogP contribution in [0.15, 0.2) is 30.3 Å². The van der Waals surface area contributed by atoms with Gasteiger partial charge in [-0.1, -0.05) is 30.3 Å². The first kappa shape index (κ1) is 16.9. The molecular formula is C19H30N2O2. The summed E-state index contributed by atoms with van der Waals surface area (Å²) in [5.41, 5.74) is 1.43. The lowest BCUT2D eigenvalue weighted by Crippen LogP contribution is -2.45. The number of nitrogens with zero attached hydrogens (tertiary/aromatic N) is 2. The maximum absolute atomic E-state index is 10.1. The van der Waals surface area contributed by atoms with Crippen LogP contribution in [-0.4, -0.2) is 72.5 Å². The van der Waals surface area contributed by atoms with Crippen molar-refractivity contribution in [1.29, 1.82) is 0 Å². The first-order chi connectivity index (χ1) is 11.3. The Labute approximate surface area is 140 Å². The molecule has 2 aliphatic heterocycles. The van der Waals surface area contributed by atoms with Crippen LogP contribution >= 0.6 is 0 Å². The van der Waals surface area contributed by atoms with Crippen molar-refractivity contribution >= 4 is 0 Å². The van der Waals surface area contributed by atoms with Crippen LogP contribution in [0.4, 0.5) is 0 Å². The number of aliphatic hydroxyl groups excluding tert-OH is 1. The topological polar surface area (TPSA) is 35.9 Å². The molecule has 128 valence electrons. The number of likely N-dealkylation sites (tertiary alicyclic amines) is 2. The van der Waals surface area contributed by atoms with Crippen molar-refractivity contribution in [2.45, 2.75) is 44.4 Å². The molecule has 1 aromatic rings. The monoisotopic (exact) mass is 318 g/mol. The van der Waals surface area contributed by atoms with Gasteiger partial charge in [0.15, 0.2) is 0 Å². The van der Waals surface area contributed by atoms with E-state index in [9.17, 15) is 5.11 Å². The molecule has 0 aliphatic carbocycles. The molecule has 0 saturated carbocycles. The first-order valence-electron chi connectivity index (χ1n) is 9.06. The van der Waals surface area contributed by atoms with Gasteiger partial charge in [-0.3, -0.25) is 4.90 Å². The summed E-state index contributed by atoms with van der Waals surface area (Å²) in [5, 5.41) is 10.1. The average molecular weight is 318 g/mol. The summed E-state index contributed by atoms with van der Waals surface area (Å²) in [4.78, 5) is 5.02. The Bertz CT molecular complexity index is 460. The molecule has 2 atom stereocenters. The van der Waals surface area contributed by atoms with E-state index >= 15 is 0 Å². The lowest BCUT2D eigenvalue weighted by molar-refractivity contribution is -0.00281. The molecule has 1 N–H and O–H groups in total. The van der Waals surface area contributed by atoms with Gasteiger partial charge in [0.2, 0.25) is 0 Å². The van der Waals surface area contributed by atoms with Gasteiger partial charge >= 0.3 is 0 Å². The summed E-state index contributed by atoms with van der Waals surface area (Å²) >= 11 is 0. The van der Waals surface area contributed by atoms with Crippen LogP contribution in [0.2, 0.25) is 0 Å².